The Balaban J connectivity index is 2.63. The SMILES string of the molecule is CCCc1c(N)c(=O)n(C2(C)CCS(=O)(=O)C2)n1CCC. The number of nitrogen functional groups attached to an aromatic ring is 1. The summed E-state index contributed by atoms with van der Waals surface area (Å²) in [5.41, 5.74) is 6.19. The Hall–Kier alpha value is -1.24. The third-order valence-corrected chi connectivity index (χ3v) is 6.09. The van der Waals surface area contributed by atoms with Gasteiger partial charge in [-0.3, -0.25) is 9.48 Å². The number of hydrogen-bond acceptors (Lipinski definition) is 4. The average Bonchev–Trinajstić information content (AvgIpc) is 2.80. The topological polar surface area (TPSA) is 87.1 Å². The fourth-order valence-electron chi connectivity index (χ4n) is 3.25. The van der Waals surface area contributed by atoms with Gasteiger partial charge < -0.3 is 5.73 Å². The second kappa shape index (κ2) is 5.51. The Labute approximate surface area is 125 Å². The van der Waals surface area contributed by atoms with Gasteiger partial charge in [0.1, 0.15) is 5.69 Å². The van der Waals surface area contributed by atoms with E-state index in [4.69, 9.17) is 5.73 Å². The van der Waals surface area contributed by atoms with Crippen molar-refractivity contribution in [3.05, 3.63) is 16.0 Å². The lowest BCUT2D eigenvalue weighted by molar-refractivity contribution is 0.260. The van der Waals surface area contributed by atoms with Crippen molar-refractivity contribution in [2.75, 3.05) is 17.2 Å². The maximum absolute atomic E-state index is 12.6. The van der Waals surface area contributed by atoms with Crippen molar-refractivity contribution >= 4 is 15.5 Å². The van der Waals surface area contributed by atoms with Crippen LogP contribution >= 0.6 is 0 Å². The number of anilines is 1. The van der Waals surface area contributed by atoms with Crippen molar-refractivity contribution < 1.29 is 8.42 Å². The van der Waals surface area contributed by atoms with Gasteiger partial charge in [0, 0.05) is 6.54 Å². The number of sulfone groups is 1. The van der Waals surface area contributed by atoms with Crippen molar-refractivity contribution in [1.29, 1.82) is 0 Å². The number of nitrogens with two attached hydrogens (primary N) is 1. The minimum Gasteiger partial charge on any atom is -0.393 e. The normalized spacial score (nSPS) is 24.5. The fourth-order valence-corrected chi connectivity index (χ4v) is 5.36. The highest BCUT2D eigenvalue weighted by Crippen LogP contribution is 2.31. The maximum Gasteiger partial charge on any atom is 0.290 e. The van der Waals surface area contributed by atoms with E-state index in [1.54, 1.807) is 4.68 Å². The van der Waals surface area contributed by atoms with E-state index in [9.17, 15) is 13.2 Å². The molecule has 6 nitrogen and oxygen atoms in total. The smallest absolute Gasteiger partial charge is 0.290 e. The van der Waals surface area contributed by atoms with Crippen LogP contribution in [0.25, 0.3) is 0 Å². The van der Waals surface area contributed by atoms with Crippen LogP contribution < -0.4 is 11.3 Å². The number of rotatable bonds is 5. The molecule has 1 aliphatic rings. The molecule has 1 fully saturated rings. The van der Waals surface area contributed by atoms with E-state index in [1.807, 2.05) is 25.5 Å². The molecule has 0 amide bonds. The zero-order valence-electron chi connectivity index (χ0n) is 13.1. The van der Waals surface area contributed by atoms with E-state index in [1.165, 1.54) is 0 Å². The molecule has 1 saturated heterocycles. The van der Waals surface area contributed by atoms with Gasteiger partial charge in [-0.05, 0) is 26.2 Å². The van der Waals surface area contributed by atoms with Crippen LogP contribution in [0.4, 0.5) is 5.69 Å². The van der Waals surface area contributed by atoms with Gasteiger partial charge in [-0.15, -0.1) is 0 Å². The van der Waals surface area contributed by atoms with Crippen molar-refractivity contribution in [2.45, 2.75) is 58.5 Å². The average molecular weight is 315 g/mol. The summed E-state index contributed by atoms with van der Waals surface area (Å²) in [4.78, 5) is 12.6. The summed E-state index contributed by atoms with van der Waals surface area (Å²) in [7, 11) is -3.08. The molecule has 2 rings (SSSR count). The molecule has 21 heavy (non-hydrogen) atoms. The monoisotopic (exact) mass is 315 g/mol. The first-order chi connectivity index (χ1) is 9.75. The quantitative estimate of drug-likeness (QED) is 0.882. The molecule has 0 aliphatic carbocycles. The van der Waals surface area contributed by atoms with Gasteiger partial charge in [-0.2, -0.15) is 0 Å². The molecule has 1 atom stereocenters. The summed E-state index contributed by atoms with van der Waals surface area (Å²) in [5, 5.41) is 0. The molecule has 1 aliphatic heterocycles. The van der Waals surface area contributed by atoms with Crippen LogP contribution in [0.3, 0.4) is 0 Å². The largest absolute Gasteiger partial charge is 0.393 e. The van der Waals surface area contributed by atoms with Gasteiger partial charge in [0.2, 0.25) is 0 Å². The van der Waals surface area contributed by atoms with Gasteiger partial charge in [0.05, 0.1) is 22.7 Å². The molecule has 1 unspecified atom stereocenters. The lowest BCUT2D eigenvalue weighted by atomic mass is 10.0. The van der Waals surface area contributed by atoms with E-state index in [0.717, 1.165) is 25.0 Å². The van der Waals surface area contributed by atoms with Crippen LogP contribution in [0, 0.1) is 0 Å². The highest BCUT2D eigenvalue weighted by Gasteiger charge is 2.43. The van der Waals surface area contributed by atoms with Crippen molar-refractivity contribution in [3.63, 3.8) is 0 Å². The molecule has 2 N–H and O–H groups in total. The Bertz CT molecular complexity index is 687. The number of nitrogens with zero attached hydrogens (tertiary/aromatic N) is 2. The molecule has 1 aromatic heterocycles. The van der Waals surface area contributed by atoms with Gasteiger partial charge in [-0.25, -0.2) is 13.1 Å². The zero-order chi connectivity index (χ0) is 15.8. The summed E-state index contributed by atoms with van der Waals surface area (Å²) in [6.45, 7) is 6.60. The molecule has 0 radical (unpaired) electrons. The number of aromatic nitrogens is 2. The number of hydrogen-bond donors (Lipinski definition) is 1. The highest BCUT2D eigenvalue weighted by molar-refractivity contribution is 7.91. The first kappa shape index (κ1) is 16.1. The van der Waals surface area contributed by atoms with Crippen LogP contribution in [0.5, 0.6) is 0 Å². The first-order valence-electron chi connectivity index (χ1n) is 7.57. The molecule has 0 saturated carbocycles. The molecule has 0 bridgehead atoms. The Morgan fingerprint density at radius 2 is 1.95 bits per heavy atom. The van der Waals surface area contributed by atoms with Crippen LogP contribution in [0.15, 0.2) is 4.79 Å². The van der Waals surface area contributed by atoms with Crippen molar-refractivity contribution in [3.8, 4) is 0 Å². The summed E-state index contributed by atoms with van der Waals surface area (Å²) in [6.07, 6.45) is 2.96. The third kappa shape index (κ3) is 2.75. The van der Waals surface area contributed by atoms with Crippen molar-refractivity contribution in [1.82, 2.24) is 9.36 Å². The molecule has 0 spiro atoms. The molecule has 2 heterocycles. The van der Waals surface area contributed by atoms with Gasteiger partial charge in [0.15, 0.2) is 9.84 Å². The van der Waals surface area contributed by atoms with E-state index in [0.29, 0.717) is 13.0 Å². The van der Waals surface area contributed by atoms with Gasteiger partial charge in [0.25, 0.3) is 5.56 Å². The van der Waals surface area contributed by atoms with E-state index in [-0.39, 0.29) is 22.8 Å². The summed E-state index contributed by atoms with van der Waals surface area (Å²) >= 11 is 0. The summed E-state index contributed by atoms with van der Waals surface area (Å²) in [5.74, 6) is 0.148. The Morgan fingerprint density at radius 3 is 2.43 bits per heavy atom. The lowest BCUT2D eigenvalue weighted by Gasteiger charge is -2.28. The predicted molar refractivity (Wildman–Crippen MR) is 84.3 cm³/mol. The van der Waals surface area contributed by atoms with E-state index < -0.39 is 15.4 Å². The van der Waals surface area contributed by atoms with Crippen LogP contribution in [-0.4, -0.2) is 29.3 Å². The maximum atomic E-state index is 12.6. The van der Waals surface area contributed by atoms with E-state index in [2.05, 4.69) is 0 Å². The van der Waals surface area contributed by atoms with Crippen LogP contribution in [-0.2, 0) is 28.3 Å². The second-order valence-corrected chi connectivity index (χ2v) is 8.37. The molecular weight excluding hydrogens is 290 g/mol. The highest BCUT2D eigenvalue weighted by atomic mass is 32.2. The summed E-state index contributed by atoms with van der Waals surface area (Å²) < 4.78 is 27.3. The predicted octanol–water partition coefficient (Wildman–Crippen LogP) is 1.13. The van der Waals surface area contributed by atoms with E-state index >= 15 is 0 Å². The molecular formula is C14H25N3O3S. The molecule has 7 heteroatoms. The Morgan fingerprint density at radius 1 is 1.29 bits per heavy atom. The molecule has 0 aromatic carbocycles. The lowest BCUT2D eigenvalue weighted by Crippen LogP contribution is -2.42. The van der Waals surface area contributed by atoms with Crippen LogP contribution in [0.1, 0.15) is 45.7 Å². The summed E-state index contributed by atoms with van der Waals surface area (Å²) in [6, 6.07) is 0. The third-order valence-electron chi connectivity index (χ3n) is 4.20. The van der Waals surface area contributed by atoms with Gasteiger partial charge in [-0.1, -0.05) is 20.3 Å². The fraction of sp³-hybridized carbons (Fsp3) is 0.786. The molecule has 120 valence electrons. The second-order valence-electron chi connectivity index (χ2n) is 6.19. The minimum atomic E-state index is -3.08. The van der Waals surface area contributed by atoms with Crippen molar-refractivity contribution in [2.24, 2.45) is 0 Å². The van der Waals surface area contributed by atoms with Gasteiger partial charge >= 0.3 is 0 Å². The standard InChI is InChI=1S/C14H25N3O3S/c1-4-6-11-12(15)13(18)17(16(11)8-5-2)14(3)7-9-21(19,20)10-14/h4-10,15H2,1-3H3. The minimum absolute atomic E-state index is 0.0125. The zero-order valence-corrected chi connectivity index (χ0v) is 13.9. The molecule has 1 aromatic rings. The van der Waals surface area contributed by atoms with Crippen LogP contribution in [0.2, 0.25) is 0 Å². The Kier molecular flexibility index (Phi) is 4.24. The first-order valence-corrected chi connectivity index (χ1v) is 9.39.